The first-order chi connectivity index (χ1) is 18.7. The zero-order valence-electron chi connectivity index (χ0n) is 23.6. The molecule has 0 unspecified atom stereocenters. The first kappa shape index (κ1) is 34.2. The van der Waals surface area contributed by atoms with Crippen LogP contribution in [-0.4, -0.2) is 46.2 Å². The SMILES string of the molecule is CC(C)N.COc1ccc(Nc2cc(Cl)ncn2)cc1.COc1ccc(Nc2cc(NC(C)C)ncn2)cc1.Cl. The molecule has 0 bridgehead atoms. The molecule has 4 aromatic rings. The van der Waals surface area contributed by atoms with E-state index in [2.05, 4.69) is 49.7 Å². The number of nitrogens with zero attached hydrogens (tertiary/aromatic N) is 4. The second-order valence-corrected chi connectivity index (χ2v) is 9.15. The quantitative estimate of drug-likeness (QED) is 0.165. The van der Waals surface area contributed by atoms with Crippen molar-refractivity contribution in [2.24, 2.45) is 5.73 Å². The van der Waals surface area contributed by atoms with Crippen LogP contribution in [0.4, 0.5) is 28.8 Å². The van der Waals surface area contributed by atoms with Gasteiger partial charge in [-0.2, -0.15) is 0 Å². The maximum Gasteiger partial charge on any atom is 0.135 e. The maximum atomic E-state index is 5.75. The zero-order valence-corrected chi connectivity index (χ0v) is 25.1. The van der Waals surface area contributed by atoms with Gasteiger partial charge in [-0.3, -0.25) is 0 Å². The summed E-state index contributed by atoms with van der Waals surface area (Å²) in [7, 11) is 3.28. The van der Waals surface area contributed by atoms with Crippen LogP contribution in [-0.2, 0) is 0 Å². The number of nitrogens with two attached hydrogens (primary N) is 1. The summed E-state index contributed by atoms with van der Waals surface area (Å²) in [6.07, 6.45) is 2.95. The van der Waals surface area contributed by atoms with E-state index in [1.165, 1.54) is 12.7 Å². The minimum Gasteiger partial charge on any atom is -0.497 e. The Balaban J connectivity index is 0.000000349. The topological polar surface area (TPSA) is 132 Å². The van der Waals surface area contributed by atoms with Gasteiger partial charge in [0.05, 0.1) is 14.2 Å². The fraction of sp³-hybridized carbons (Fsp3) is 0.286. The second kappa shape index (κ2) is 18.4. The van der Waals surface area contributed by atoms with E-state index in [-0.39, 0.29) is 12.4 Å². The Bertz CT molecular complexity index is 1240. The summed E-state index contributed by atoms with van der Waals surface area (Å²) in [5.41, 5.74) is 6.98. The van der Waals surface area contributed by atoms with Crippen LogP contribution in [0.1, 0.15) is 27.7 Å². The Labute approximate surface area is 247 Å². The molecule has 216 valence electrons. The van der Waals surface area contributed by atoms with Crippen LogP contribution in [0.15, 0.2) is 73.3 Å². The minimum absolute atomic E-state index is 0. The largest absolute Gasteiger partial charge is 0.497 e. The van der Waals surface area contributed by atoms with Gasteiger partial charge in [0.1, 0.15) is 46.8 Å². The normalized spacial score (nSPS) is 9.75. The first-order valence-electron chi connectivity index (χ1n) is 12.3. The van der Waals surface area contributed by atoms with E-state index in [0.717, 1.165) is 34.5 Å². The van der Waals surface area contributed by atoms with Gasteiger partial charge in [-0.15, -0.1) is 12.4 Å². The molecule has 0 amide bonds. The molecule has 0 saturated heterocycles. The molecule has 0 spiro atoms. The molecule has 5 N–H and O–H groups in total. The minimum atomic E-state index is 0. The Morgan fingerprint density at radius 3 is 1.48 bits per heavy atom. The Morgan fingerprint density at radius 1 is 0.675 bits per heavy atom. The third kappa shape index (κ3) is 13.8. The van der Waals surface area contributed by atoms with Gasteiger partial charge >= 0.3 is 0 Å². The number of anilines is 5. The molecular weight excluding hydrogens is 551 g/mol. The first-order valence-corrected chi connectivity index (χ1v) is 12.7. The molecule has 0 saturated carbocycles. The van der Waals surface area contributed by atoms with Crippen LogP contribution in [0.2, 0.25) is 5.15 Å². The lowest BCUT2D eigenvalue weighted by atomic mass is 10.3. The zero-order chi connectivity index (χ0) is 28.6. The summed E-state index contributed by atoms with van der Waals surface area (Å²) in [5, 5.41) is 9.97. The molecule has 0 aliphatic rings. The van der Waals surface area contributed by atoms with Gasteiger partial charge in [0, 0.05) is 29.5 Å². The molecule has 12 heteroatoms. The van der Waals surface area contributed by atoms with Crippen molar-refractivity contribution < 1.29 is 9.47 Å². The average molecular weight is 590 g/mol. The Kier molecular flexibility index (Phi) is 15.7. The molecule has 2 aromatic carbocycles. The summed E-state index contributed by atoms with van der Waals surface area (Å²) in [5.74, 6) is 3.86. The van der Waals surface area contributed by atoms with Crippen LogP contribution in [0.3, 0.4) is 0 Å². The van der Waals surface area contributed by atoms with E-state index in [1.54, 1.807) is 20.3 Å². The van der Waals surface area contributed by atoms with Crippen molar-refractivity contribution in [3.63, 3.8) is 0 Å². The number of methoxy groups -OCH3 is 2. The Hall–Kier alpha value is -3.86. The Morgan fingerprint density at radius 2 is 1.07 bits per heavy atom. The summed E-state index contributed by atoms with van der Waals surface area (Å²) in [6, 6.07) is 19.4. The van der Waals surface area contributed by atoms with Gasteiger partial charge in [-0.1, -0.05) is 25.4 Å². The number of rotatable bonds is 8. The van der Waals surface area contributed by atoms with Gasteiger partial charge < -0.3 is 31.2 Å². The summed E-state index contributed by atoms with van der Waals surface area (Å²) < 4.78 is 10.2. The van der Waals surface area contributed by atoms with Crippen LogP contribution >= 0.6 is 24.0 Å². The number of benzene rings is 2. The molecule has 0 aliphatic heterocycles. The predicted molar refractivity (Wildman–Crippen MR) is 167 cm³/mol. The van der Waals surface area contributed by atoms with E-state index < -0.39 is 0 Å². The maximum absolute atomic E-state index is 5.75. The van der Waals surface area contributed by atoms with E-state index in [0.29, 0.717) is 23.1 Å². The molecule has 0 fully saturated rings. The van der Waals surface area contributed by atoms with Crippen molar-refractivity contribution in [2.45, 2.75) is 39.8 Å². The van der Waals surface area contributed by atoms with Crippen molar-refractivity contribution in [2.75, 3.05) is 30.2 Å². The molecule has 40 heavy (non-hydrogen) atoms. The van der Waals surface area contributed by atoms with E-state index in [9.17, 15) is 0 Å². The highest BCUT2D eigenvalue weighted by Crippen LogP contribution is 2.20. The summed E-state index contributed by atoms with van der Waals surface area (Å²) in [4.78, 5) is 16.2. The molecule has 0 radical (unpaired) electrons. The molecule has 0 aliphatic carbocycles. The smallest absolute Gasteiger partial charge is 0.135 e. The van der Waals surface area contributed by atoms with E-state index in [4.69, 9.17) is 26.8 Å². The predicted octanol–water partition coefficient (Wildman–Crippen LogP) is 6.71. The lowest BCUT2D eigenvalue weighted by Crippen LogP contribution is -2.11. The summed E-state index contributed by atoms with van der Waals surface area (Å²) in [6.45, 7) is 8.03. The number of nitrogens with one attached hydrogen (secondary N) is 3. The highest BCUT2D eigenvalue weighted by Gasteiger charge is 2.01. The lowest BCUT2D eigenvalue weighted by molar-refractivity contribution is 0.415. The van der Waals surface area contributed by atoms with Crippen LogP contribution in [0.25, 0.3) is 0 Å². The van der Waals surface area contributed by atoms with Crippen molar-refractivity contribution >= 4 is 52.8 Å². The van der Waals surface area contributed by atoms with Crippen molar-refractivity contribution in [3.8, 4) is 11.5 Å². The number of hydrogen-bond donors (Lipinski definition) is 4. The van der Waals surface area contributed by atoms with Gasteiger partial charge in [0.15, 0.2) is 0 Å². The third-order valence-corrected chi connectivity index (χ3v) is 4.67. The molecule has 4 rings (SSSR count). The molecule has 2 heterocycles. The van der Waals surface area contributed by atoms with Gasteiger partial charge in [-0.25, -0.2) is 19.9 Å². The van der Waals surface area contributed by atoms with Gasteiger partial charge in [-0.05, 0) is 68.4 Å². The highest BCUT2D eigenvalue weighted by molar-refractivity contribution is 6.29. The van der Waals surface area contributed by atoms with Crippen molar-refractivity contribution in [1.29, 1.82) is 0 Å². The van der Waals surface area contributed by atoms with E-state index in [1.807, 2.05) is 68.4 Å². The number of ether oxygens (including phenoxy) is 2. The monoisotopic (exact) mass is 588 g/mol. The standard InChI is InChI=1S/C14H18N4O.C11H10ClN3O.C3H9N.ClH/c1-10(2)17-13-8-14(16-9-15-13)18-11-4-6-12(19-3)7-5-11;1-16-9-4-2-8(3-5-9)15-11-6-10(12)13-7-14-11;1-3(2)4;/h4-10H,1-3H3,(H2,15,16,17,18);2-7H,1H3,(H,13,14,15);3H,4H2,1-2H3;1H. The molecule has 0 atom stereocenters. The molecule has 10 nitrogen and oxygen atoms in total. The number of halogens is 2. The second-order valence-electron chi connectivity index (χ2n) is 8.76. The third-order valence-electron chi connectivity index (χ3n) is 4.46. The van der Waals surface area contributed by atoms with Crippen molar-refractivity contribution in [3.05, 3.63) is 78.5 Å². The molecule has 2 aromatic heterocycles. The number of hydrogen-bond acceptors (Lipinski definition) is 10. The van der Waals surface area contributed by atoms with Gasteiger partial charge in [0.25, 0.3) is 0 Å². The molecular formula is C28H38Cl2N8O2. The highest BCUT2D eigenvalue weighted by atomic mass is 35.5. The number of aromatic nitrogens is 4. The van der Waals surface area contributed by atoms with E-state index >= 15 is 0 Å². The fourth-order valence-electron chi connectivity index (χ4n) is 2.85. The summed E-state index contributed by atoms with van der Waals surface area (Å²) >= 11 is 5.75. The van der Waals surface area contributed by atoms with Crippen LogP contribution < -0.4 is 31.2 Å². The fourth-order valence-corrected chi connectivity index (χ4v) is 2.99. The lowest BCUT2D eigenvalue weighted by Gasteiger charge is -2.11. The van der Waals surface area contributed by atoms with Crippen LogP contribution in [0.5, 0.6) is 11.5 Å². The van der Waals surface area contributed by atoms with Crippen molar-refractivity contribution in [1.82, 2.24) is 19.9 Å². The van der Waals surface area contributed by atoms with Gasteiger partial charge in [0.2, 0.25) is 0 Å². The van der Waals surface area contributed by atoms with Crippen LogP contribution in [0, 0.1) is 0 Å². The average Bonchev–Trinajstić information content (AvgIpc) is 2.90.